The number of aromatic amines is 1. The quantitative estimate of drug-likeness (QED) is 0.558. The predicted molar refractivity (Wildman–Crippen MR) is 88.2 cm³/mol. The molecule has 0 aromatic carbocycles. The fraction of sp³-hybridized carbons (Fsp3) is 0.133. The first kappa shape index (κ1) is 13.1. The minimum absolute atomic E-state index is 0.464. The van der Waals surface area contributed by atoms with Gasteiger partial charge in [0.2, 0.25) is 0 Å². The van der Waals surface area contributed by atoms with Crippen molar-refractivity contribution in [3.63, 3.8) is 0 Å². The van der Waals surface area contributed by atoms with E-state index >= 15 is 0 Å². The third-order valence-corrected chi connectivity index (χ3v) is 3.88. The molecule has 0 radical (unpaired) electrons. The Labute approximate surface area is 131 Å². The van der Waals surface area contributed by atoms with Crippen LogP contribution in [0.1, 0.15) is 0 Å². The Kier molecular flexibility index (Phi) is 2.80. The lowest BCUT2D eigenvalue weighted by Gasteiger charge is -2.02. The molecule has 7 heteroatoms. The predicted octanol–water partition coefficient (Wildman–Crippen LogP) is 3.21. The molecular formula is C15H13ClN6. The van der Waals surface area contributed by atoms with Gasteiger partial charge in [-0.1, -0.05) is 17.7 Å². The Hall–Kier alpha value is -2.60. The average molecular weight is 313 g/mol. The molecule has 0 unspecified atom stereocenters. The maximum atomic E-state index is 5.98. The Bertz CT molecular complexity index is 1000. The van der Waals surface area contributed by atoms with Crippen LogP contribution < -0.4 is 5.32 Å². The molecule has 0 aliphatic carbocycles. The first-order chi connectivity index (χ1) is 10.7. The number of hydrogen-bond acceptors (Lipinski definition) is 4. The number of fused-ring (bicyclic) bond motifs is 3. The van der Waals surface area contributed by atoms with Crippen LogP contribution in [0.25, 0.3) is 33.5 Å². The number of nitrogens with one attached hydrogen (secondary N) is 2. The van der Waals surface area contributed by atoms with Crippen molar-refractivity contribution in [1.29, 1.82) is 0 Å². The van der Waals surface area contributed by atoms with Gasteiger partial charge in [0.1, 0.15) is 16.3 Å². The smallest absolute Gasteiger partial charge is 0.156 e. The minimum Gasteiger partial charge on any atom is -0.371 e. The Morgan fingerprint density at radius 1 is 1.27 bits per heavy atom. The lowest BCUT2D eigenvalue weighted by molar-refractivity contribution is 0.951. The minimum atomic E-state index is 0.464. The zero-order valence-corrected chi connectivity index (χ0v) is 12.8. The van der Waals surface area contributed by atoms with Crippen LogP contribution in [0.5, 0.6) is 0 Å². The Morgan fingerprint density at radius 3 is 2.91 bits per heavy atom. The molecule has 2 N–H and O–H groups in total. The maximum Gasteiger partial charge on any atom is 0.156 e. The molecule has 0 bridgehead atoms. The van der Waals surface area contributed by atoms with Gasteiger partial charge in [-0.2, -0.15) is 0 Å². The molecule has 4 aromatic rings. The molecule has 0 fully saturated rings. The summed E-state index contributed by atoms with van der Waals surface area (Å²) in [5, 5.41) is 4.56. The van der Waals surface area contributed by atoms with Crippen LogP contribution in [-0.4, -0.2) is 31.6 Å². The van der Waals surface area contributed by atoms with E-state index in [1.54, 1.807) is 12.4 Å². The third kappa shape index (κ3) is 1.84. The molecule has 0 aliphatic heterocycles. The molecular weight excluding hydrogens is 300 g/mol. The van der Waals surface area contributed by atoms with Crippen LogP contribution in [0.3, 0.4) is 0 Å². The van der Waals surface area contributed by atoms with Crippen molar-refractivity contribution < 1.29 is 0 Å². The molecule has 0 saturated heterocycles. The van der Waals surface area contributed by atoms with Crippen LogP contribution in [0.4, 0.5) is 5.82 Å². The summed E-state index contributed by atoms with van der Waals surface area (Å²) in [5.74, 6) is 0.746. The number of hydrogen-bond donors (Lipinski definition) is 2. The van der Waals surface area contributed by atoms with Gasteiger partial charge in [-0.05, 0) is 18.2 Å². The van der Waals surface area contributed by atoms with Gasteiger partial charge < -0.3 is 14.9 Å². The van der Waals surface area contributed by atoms with E-state index in [-0.39, 0.29) is 0 Å². The molecule has 0 spiro atoms. The second-order valence-electron chi connectivity index (χ2n) is 5.05. The van der Waals surface area contributed by atoms with E-state index in [1.807, 2.05) is 36.9 Å². The van der Waals surface area contributed by atoms with Crippen molar-refractivity contribution in [2.75, 3.05) is 12.4 Å². The first-order valence-corrected chi connectivity index (χ1v) is 7.19. The summed E-state index contributed by atoms with van der Waals surface area (Å²) in [6.45, 7) is 0. The average Bonchev–Trinajstić information content (AvgIpc) is 3.10. The SMILES string of the molecule is CNc1nc2[nH]c(-c3cccc(Cl)n3)cc2c2c1ncn2C. The number of aryl methyl sites for hydroxylation is 1. The van der Waals surface area contributed by atoms with E-state index in [1.165, 1.54) is 0 Å². The third-order valence-electron chi connectivity index (χ3n) is 3.66. The van der Waals surface area contributed by atoms with Crippen molar-refractivity contribution in [2.24, 2.45) is 7.05 Å². The highest BCUT2D eigenvalue weighted by Gasteiger charge is 2.15. The molecule has 0 saturated carbocycles. The Morgan fingerprint density at radius 2 is 2.14 bits per heavy atom. The number of imidazole rings is 1. The number of aromatic nitrogens is 5. The normalized spacial score (nSPS) is 11.4. The summed E-state index contributed by atoms with van der Waals surface area (Å²) in [4.78, 5) is 16.7. The van der Waals surface area contributed by atoms with Crippen LogP contribution in [-0.2, 0) is 7.05 Å². The van der Waals surface area contributed by atoms with Crippen LogP contribution >= 0.6 is 11.6 Å². The highest BCUT2D eigenvalue weighted by Crippen LogP contribution is 2.31. The molecule has 0 aliphatic rings. The number of halogens is 1. The molecule has 0 amide bonds. The lowest BCUT2D eigenvalue weighted by atomic mass is 10.2. The number of nitrogens with zero attached hydrogens (tertiary/aromatic N) is 4. The molecule has 4 aromatic heterocycles. The van der Waals surface area contributed by atoms with E-state index in [4.69, 9.17) is 11.6 Å². The molecule has 22 heavy (non-hydrogen) atoms. The monoisotopic (exact) mass is 312 g/mol. The van der Waals surface area contributed by atoms with E-state index in [9.17, 15) is 0 Å². The van der Waals surface area contributed by atoms with Crippen molar-refractivity contribution in [1.82, 2.24) is 24.5 Å². The number of H-pyrrole nitrogens is 1. The maximum absolute atomic E-state index is 5.98. The number of pyridine rings is 2. The Balaban J connectivity index is 2.05. The van der Waals surface area contributed by atoms with Crippen molar-refractivity contribution in [2.45, 2.75) is 0 Å². The van der Waals surface area contributed by atoms with Gasteiger partial charge in [-0.15, -0.1) is 0 Å². The van der Waals surface area contributed by atoms with E-state index in [0.29, 0.717) is 5.15 Å². The van der Waals surface area contributed by atoms with Gasteiger partial charge >= 0.3 is 0 Å². The largest absolute Gasteiger partial charge is 0.371 e. The summed E-state index contributed by atoms with van der Waals surface area (Å²) in [6, 6.07) is 7.58. The van der Waals surface area contributed by atoms with Crippen molar-refractivity contribution in [3.05, 3.63) is 35.7 Å². The zero-order chi connectivity index (χ0) is 15.3. The molecule has 4 heterocycles. The fourth-order valence-electron chi connectivity index (χ4n) is 2.67. The number of anilines is 1. The summed E-state index contributed by atoms with van der Waals surface area (Å²) < 4.78 is 1.99. The molecule has 6 nitrogen and oxygen atoms in total. The second-order valence-corrected chi connectivity index (χ2v) is 5.44. The molecule has 4 rings (SSSR count). The van der Waals surface area contributed by atoms with Crippen LogP contribution in [0.2, 0.25) is 5.15 Å². The van der Waals surface area contributed by atoms with E-state index in [0.717, 1.165) is 39.3 Å². The fourth-order valence-corrected chi connectivity index (χ4v) is 2.83. The van der Waals surface area contributed by atoms with Crippen molar-refractivity contribution in [3.8, 4) is 11.4 Å². The summed E-state index contributed by atoms with van der Waals surface area (Å²) in [5.41, 5.74) is 4.32. The number of rotatable bonds is 2. The van der Waals surface area contributed by atoms with Crippen LogP contribution in [0, 0.1) is 0 Å². The first-order valence-electron chi connectivity index (χ1n) is 6.82. The summed E-state index contributed by atoms with van der Waals surface area (Å²) in [7, 11) is 3.81. The summed E-state index contributed by atoms with van der Waals surface area (Å²) in [6.07, 6.45) is 1.79. The van der Waals surface area contributed by atoms with Crippen LogP contribution in [0.15, 0.2) is 30.6 Å². The standard InChI is InChI=1S/C15H13ClN6/c1-17-15-12-13(22(2)7-18-12)8-6-10(20-14(8)21-15)9-4-3-5-11(16)19-9/h3-7H,1-2H3,(H2,17,20,21). The second kappa shape index (κ2) is 4.71. The highest BCUT2D eigenvalue weighted by molar-refractivity contribution is 6.29. The van der Waals surface area contributed by atoms with Gasteiger partial charge in [0, 0.05) is 19.5 Å². The van der Waals surface area contributed by atoms with Gasteiger partial charge in [0.25, 0.3) is 0 Å². The topological polar surface area (TPSA) is 71.4 Å². The lowest BCUT2D eigenvalue weighted by Crippen LogP contribution is -1.95. The van der Waals surface area contributed by atoms with Crippen molar-refractivity contribution >= 4 is 39.5 Å². The van der Waals surface area contributed by atoms with Gasteiger partial charge in [0.05, 0.1) is 23.2 Å². The van der Waals surface area contributed by atoms with Gasteiger partial charge in [-0.3, -0.25) is 0 Å². The van der Waals surface area contributed by atoms with E-state index < -0.39 is 0 Å². The van der Waals surface area contributed by atoms with E-state index in [2.05, 4.69) is 25.3 Å². The highest BCUT2D eigenvalue weighted by atomic mass is 35.5. The summed E-state index contributed by atoms with van der Waals surface area (Å²) >= 11 is 5.98. The molecule has 0 atom stereocenters. The van der Waals surface area contributed by atoms with Gasteiger partial charge in [0.15, 0.2) is 5.82 Å². The zero-order valence-electron chi connectivity index (χ0n) is 12.1. The molecule has 110 valence electrons. The van der Waals surface area contributed by atoms with Gasteiger partial charge in [-0.25, -0.2) is 15.0 Å².